The first-order chi connectivity index (χ1) is 47.4. The van der Waals surface area contributed by atoms with Gasteiger partial charge in [-0.2, -0.15) is 13.5 Å². The summed E-state index contributed by atoms with van der Waals surface area (Å²) in [5.74, 6) is -6.43. The number of para-hydroxylation sites is 1. The molecule has 0 saturated heterocycles. The number of rotatable bonds is 27. The molecule has 4 saturated carbocycles. The Morgan fingerprint density at radius 2 is 1.55 bits per heavy atom. The highest BCUT2D eigenvalue weighted by Gasteiger charge is 2.66. The van der Waals surface area contributed by atoms with Gasteiger partial charge in [0.1, 0.15) is 24.5 Å². The fourth-order valence-corrected chi connectivity index (χ4v) is 18.0. The van der Waals surface area contributed by atoms with Crippen molar-refractivity contribution in [2.24, 2.45) is 33.6 Å². The molecule has 4 bridgehead atoms. The molecule has 100 heavy (non-hydrogen) atoms. The zero-order chi connectivity index (χ0) is 71.8. The van der Waals surface area contributed by atoms with Crippen molar-refractivity contribution in [1.29, 1.82) is 0 Å². The molecule has 6 aliphatic rings. The fourth-order valence-electron chi connectivity index (χ4n) is 16.4. The minimum atomic E-state index is -5.13. The molecule has 4 fully saturated rings. The predicted molar refractivity (Wildman–Crippen MR) is 370 cm³/mol. The molecule has 2 unspecified atom stereocenters. The lowest BCUT2D eigenvalue weighted by molar-refractivity contribution is -0.248. The number of nitrogens with two attached hydrogens (primary N) is 2. The number of ether oxygens (including phenoxy) is 2. The first kappa shape index (κ1) is 71.8. The van der Waals surface area contributed by atoms with E-state index in [1.54, 1.807) is 25.4 Å². The van der Waals surface area contributed by atoms with Gasteiger partial charge in [0.05, 0.1) is 34.3 Å². The van der Waals surface area contributed by atoms with Crippen molar-refractivity contribution in [2.75, 3.05) is 55.0 Å². The monoisotopic (exact) mass is 1410 g/mol. The molecule has 3 aromatic carbocycles. The number of urea groups is 1. The van der Waals surface area contributed by atoms with Crippen LogP contribution in [-0.4, -0.2) is 164 Å². The Bertz CT molecular complexity index is 4310. The van der Waals surface area contributed by atoms with E-state index in [9.17, 15) is 61.2 Å². The van der Waals surface area contributed by atoms with Crippen molar-refractivity contribution in [3.8, 4) is 11.1 Å². The SMILES string of the molecule is Cc1c(-c2ccc(N3CCc4cccc(C(=O)Nc5nc6ccccc6s5)c4C3)nc2C(=O)O)cnn1CC12CC3(C)CC(C)(C1)CC(OCCN(C)C(=O)OCc1ccc(N(C(N)=O)C(=O)[C@H](CCCN)NC(=O)[C@@H](NC(=O)[C@H](CCN4C(=O)C=CC4=O)S(=O)(=O)O)C(C)C)cc1)(C3)C2. The zero-order valence-corrected chi connectivity index (χ0v) is 58.2. The molecular weight excluding hydrogens is 1330 g/mol. The third kappa shape index (κ3) is 15.4. The Hall–Kier alpha value is -9.49. The summed E-state index contributed by atoms with van der Waals surface area (Å²) in [6, 6.07) is 18.7. The van der Waals surface area contributed by atoms with E-state index in [2.05, 4.69) is 34.8 Å². The molecule has 4 aliphatic carbocycles. The Labute approximate surface area is 581 Å². The van der Waals surface area contributed by atoms with Gasteiger partial charge in [0.2, 0.25) is 11.8 Å². The molecule has 3 aromatic heterocycles. The first-order valence-corrected chi connectivity index (χ1v) is 35.6. The van der Waals surface area contributed by atoms with Crippen LogP contribution in [0.25, 0.3) is 21.3 Å². The minimum Gasteiger partial charge on any atom is -0.476 e. The Morgan fingerprint density at radius 3 is 2.21 bits per heavy atom. The first-order valence-electron chi connectivity index (χ1n) is 33.2. The van der Waals surface area contributed by atoms with Crippen molar-refractivity contribution in [2.45, 2.75) is 141 Å². The quantitative estimate of drug-likeness (QED) is 0.0199. The maximum Gasteiger partial charge on any atom is 0.409 e. The number of thiazole rings is 1. The van der Waals surface area contributed by atoms with Crippen LogP contribution in [0.15, 0.2) is 97.2 Å². The molecule has 5 heterocycles. The summed E-state index contributed by atoms with van der Waals surface area (Å²) in [4.78, 5) is 133. The highest BCUT2D eigenvalue weighted by Crippen LogP contribution is 2.72. The van der Waals surface area contributed by atoms with Gasteiger partial charge >= 0.3 is 18.1 Å². The van der Waals surface area contributed by atoms with E-state index in [1.165, 1.54) is 54.3 Å². The Kier molecular flexibility index (Phi) is 20.5. The summed E-state index contributed by atoms with van der Waals surface area (Å²) < 4.78 is 50.4. The number of benzene rings is 3. The number of carboxylic acid groups (broad SMARTS) is 1. The van der Waals surface area contributed by atoms with E-state index >= 15 is 0 Å². The normalized spacial score (nSPS) is 21.6. The average molecular weight is 1410 g/mol. The summed E-state index contributed by atoms with van der Waals surface area (Å²) >= 11 is 1.40. The molecule has 0 spiro atoms. The Morgan fingerprint density at radius 1 is 0.840 bits per heavy atom. The number of nitrogens with one attached hydrogen (secondary N) is 3. The van der Waals surface area contributed by atoms with Crippen LogP contribution in [0, 0.1) is 29.1 Å². The Balaban J connectivity index is 0.691. The molecule has 12 rings (SSSR count). The van der Waals surface area contributed by atoms with Gasteiger partial charge in [0, 0.05) is 74.3 Å². The summed E-state index contributed by atoms with van der Waals surface area (Å²) in [5, 5.41) is 21.8. The zero-order valence-electron chi connectivity index (χ0n) is 56.5. The van der Waals surface area contributed by atoms with E-state index < -0.39 is 99.6 Å². The number of carboxylic acids is 1. The van der Waals surface area contributed by atoms with Crippen LogP contribution in [0.3, 0.4) is 0 Å². The number of aromatic carboxylic acids is 1. The predicted octanol–water partition coefficient (Wildman–Crippen LogP) is 7.13. The highest BCUT2D eigenvalue weighted by atomic mass is 32.2. The van der Waals surface area contributed by atoms with Crippen LogP contribution in [0.4, 0.5) is 26.2 Å². The van der Waals surface area contributed by atoms with E-state index in [0.29, 0.717) is 69.1 Å². The second-order valence-electron chi connectivity index (χ2n) is 28.3. The molecule has 28 nitrogen and oxygen atoms in total. The van der Waals surface area contributed by atoms with Crippen molar-refractivity contribution in [3.05, 3.63) is 131 Å². The number of carbonyl (C=O) groups is 9. The lowest BCUT2D eigenvalue weighted by atomic mass is 9.39. The van der Waals surface area contributed by atoms with Crippen molar-refractivity contribution in [1.82, 2.24) is 40.2 Å². The van der Waals surface area contributed by atoms with Gasteiger partial charge in [-0.1, -0.05) is 75.4 Å². The van der Waals surface area contributed by atoms with Gasteiger partial charge in [-0.15, -0.1) is 0 Å². The standard InChI is InChI=1S/C70H83N13O15S2/c1-41(2)57(77-60(87)53(100(94,95)96)25-28-81-55(84)22-23-56(81)85)61(88)74-51(14-10-26-71)62(89)83(64(72)92)45-18-16-43(17-19-45)33-97-66(93)79(6)29-30-98-70-37-67(4)34-68(5,38-70)36-69(35-67,39-70)40-82-42(3)48(31-73-82)46-20-21-54(76-58(46)63(90)91)80-27-24-44-11-9-12-47(49(44)32-80)59(86)78-65-75-50-13-7-8-15-52(50)99-65/h7-9,11-13,15-23,31,41,51,53,57H,10,14,24-30,32-40,71H2,1-6H3,(H2,72,92)(H,74,88)(H,77,87)(H,90,91)(H,75,78,86)(H,94,95,96)/t51-,53-,57-,67?,68?,69?,70?/m0/s1. The van der Waals surface area contributed by atoms with Crippen molar-refractivity contribution >= 4 is 102 Å². The summed E-state index contributed by atoms with van der Waals surface area (Å²) in [6.45, 7) is 11.0. The van der Waals surface area contributed by atoms with E-state index in [4.69, 9.17) is 31.0 Å². The molecule has 30 heteroatoms. The number of likely N-dealkylation sites (N-methyl/N-ethyl adjacent to an activating group) is 1. The third-order valence-corrected chi connectivity index (χ3v) is 22.0. The summed E-state index contributed by atoms with van der Waals surface area (Å²) in [6.07, 6.45) is 8.46. The smallest absolute Gasteiger partial charge is 0.409 e. The maximum absolute atomic E-state index is 14.2. The second-order valence-corrected chi connectivity index (χ2v) is 30.9. The maximum atomic E-state index is 14.2. The fraction of sp³-hybridized carbons (Fsp3) is 0.457. The van der Waals surface area contributed by atoms with Crippen molar-refractivity contribution < 1.29 is 70.7 Å². The number of carbonyl (C=O) groups excluding carboxylic acids is 8. The number of hydrogen-bond donors (Lipinski definition) is 7. The van der Waals surface area contributed by atoms with Crippen LogP contribution in [-0.2, 0) is 69.7 Å². The number of aromatic nitrogens is 4. The van der Waals surface area contributed by atoms with Gasteiger partial charge in [0.25, 0.3) is 33.7 Å². The number of primary amides is 1. The van der Waals surface area contributed by atoms with Gasteiger partial charge in [0.15, 0.2) is 16.1 Å². The number of anilines is 3. The van der Waals surface area contributed by atoms with Crippen LogP contribution < -0.4 is 37.2 Å². The van der Waals surface area contributed by atoms with Gasteiger partial charge in [-0.3, -0.25) is 48.2 Å². The number of imide groups is 2. The van der Waals surface area contributed by atoms with E-state index in [1.807, 2.05) is 59.0 Å². The van der Waals surface area contributed by atoms with E-state index in [-0.39, 0.29) is 72.7 Å². The van der Waals surface area contributed by atoms with Crippen molar-refractivity contribution in [3.63, 3.8) is 0 Å². The third-order valence-electron chi connectivity index (χ3n) is 19.8. The largest absolute Gasteiger partial charge is 0.476 e. The number of nitrogens with zero attached hydrogens (tertiary/aromatic N) is 8. The molecular formula is C70H83N13O15S2. The number of pyridine rings is 1. The molecule has 2 aliphatic heterocycles. The lowest BCUT2D eigenvalue weighted by Gasteiger charge is -2.69. The topological polar surface area (TPSA) is 391 Å². The van der Waals surface area contributed by atoms with Crippen LogP contribution in [0.2, 0.25) is 0 Å². The minimum absolute atomic E-state index is 0.000620. The number of hydrogen-bond acceptors (Lipinski definition) is 19. The summed E-state index contributed by atoms with van der Waals surface area (Å²) in [5.41, 5.74) is 16.3. The van der Waals surface area contributed by atoms with E-state index in [0.717, 1.165) is 77.7 Å². The molecule has 0 radical (unpaired) electrons. The van der Waals surface area contributed by atoms with Crippen LogP contribution in [0.1, 0.15) is 129 Å². The second kappa shape index (κ2) is 28.6. The lowest BCUT2D eigenvalue weighted by Crippen LogP contribution is -2.64. The van der Waals surface area contributed by atoms with Gasteiger partial charge < -0.3 is 46.5 Å². The van der Waals surface area contributed by atoms with Gasteiger partial charge in [-0.05, 0) is 159 Å². The number of amides is 9. The average Bonchev–Trinajstić information content (AvgIpc) is 0.961. The molecule has 9 N–H and O–H groups in total. The molecule has 9 amide bonds. The molecule has 6 aromatic rings. The molecule has 530 valence electrons. The highest BCUT2D eigenvalue weighted by molar-refractivity contribution is 7.87. The summed E-state index contributed by atoms with van der Waals surface area (Å²) in [7, 11) is -3.52. The number of fused-ring (bicyclic) bond motifs is 2. The van der Waals surface area contributed by atoms with Crippen LogP contribution in [0.5, 0.6) is 0 Å². The molecule has 5 atom stereocenters. The van der Waals surface area contributed by atoms with Crippen LogP contribution >= 0.6 is 11.3 Å². The van der Waals surface area contributed by atoms with Gasteiger partial charge in [-0.25, -0.2) is 29.3 Å².